The number of nitrogens with one attached hydrogen (secondary N) is 1. The number of rotatable bonds is 6. The monoisotopic (exact) mass is 439 g/mol. The Kier molecular flexibility index (Phi) is 5.32. The Morgan fingerprint density at radius 1 is 1.03 bits per heavy atom. The lowest BCUT2D eigenvalue weighted by Crippen LogP contribution is -2.16. The third-order valence-electron chi connectivity index (χ3n) is 5.33. The highest BCUT2D eigenvalue weighted by atomic mass is 16.5. The molecule has 0 bridgehead atoms. The molecule has 0 aliphatic carbocycles. The third kappa shape index (κ3) is 4.06. The largest absolute Gasteiger partial charge is 0.462 e. The molecule has 0 aliphatic rings. The summed E-state index contributed by atoms with van der Waals surface area (Å²) in [6.07, 6.45) is 4.70. The second kappa shape index (κ2) is 8.58. The predicted molar refractivity (Wildman–Crippen MR) is 124 cm³/mol. The summed E-state index contributed by atoms with van der Waals surface area (Å²) in [6, 6.07) is 20.3. The zero-order chi connectivity index (χ0) is 22.8. The Morgan fingerprint density at radius 3 is 2.55 bits per heavy atom. The minimum absolute atomic E-state index is 0.230. The van der Waals surface area contributed by atoms with Crippen LogP contribution in [0.25, 0.3) is 28.1 Å². The SMILES string of the molecule is CCOC(=O)c1cnn(-c2nc3ccn(Cc4ccc(-c5ccccc5)cc4)c3c(=O)[nH]2)c1. The fourth-order valence-electron chi connectivity index (χ4n) is 3.73. The van der Waals surface area contributed by atoms with Crippen molar-refractivity contribution in [1.29, 1.82) is 0 Å². The quantitative estimate of drug-likeness (QED) is 0.406. The number of hydrogen-bond acceptors (Lipinski definition) is 5. The van der Waals surface area contributed by atoms with Crippen molar-refractivity contribution in [2.45, 2.75) is 13.5 Å². The van der Waals surface area contributed by atoms with Crippen molar-refractivity contribution in [1.82, 2.24) is 24.3 Å². The predicted octanol–water partition coefficient (Wildman–Crippen LogP) is 3.80. The van der Waals surface area contributed by atoms with Gasteiger partial charge in [0.2, 0.25) is 5.95 Å². The number of aromatic amines is 1. The molecule has 0 amide bonds. The van der Waals surface area contributed by atoms with E-state index in [4.69, 9.17) is 4.74 Å². The Balaban J connectivity index is 1.41. The lowest BCUT2D eigenvalue weighted by molar-refractivity contribution is 0.0526. The van der Waals surface area contributed by atoms with Crippen molar-refractivity contribution < 1.29 is 9.53 Å². The number of ether oxygens (including phenoxy) is 1. The molecule has 0 spiro atoms. The van der Waals surface area contributed by atoms with E-state index in [0.29, 0.717) is 17.6 Å². The number of nitrogens with zero attached hydrogens (tertiary/aromatic N) is 4. The third-order valence-corrected chi connectivity index (χ3v) is 5.33. The van der Waals surface area contributed by atoms with Gasteiger partial charge in [0.25, 0.3) is 5.56 Å². The van der Waals surface area contributed by atoms with E-state index in [9.17, 15) is 9.59 Å². The molecular weight excluding hydrogens is 418 g/mol. The lowest BCUT2D eigenvalue weighted by atomic mass is 10.0. The van der Waals surface area contributed by atoms with E-state index < -0.39 is 5.97 Å². The van der Waals surface area contributed by atoms with E-state index in [2.05, 4.69) is 51.5 Å². The minimum atomic E-state index is -0.475. The van der Waals surface area contributed by atoms with Gasteiger partial charge in [-0.25, -0.2) is 14.5 Å². The highest BCUT2D eigenvalue weighted by molar-refractivity contribution is 5.88. The average molecular weight is 439 g/mol. The van der Waals surface area contributed by atoms with Crippen LogP contribution in [0.3, 0.4) is 0 Å². The van der Waals surface area contributed by atoms with Crippen LogP contribution in [-0.4, -0.2) is 36.9 Å². The maximum atomic E-state index is 12.9. The molecule has 0 aliphatic heterocycles. The number of H-pyrrole nitrogens is 1. The van der Waals surface area contributed by atoms with Gasteiger partial charge in [0.1, 0.15) is 5.52 Å². The van der Waals surface area contributed by atoms with Crippen molar-refractivity contribution in [3.8, 4) is 17.1 Å². The smallest absolute Gasteiger partial charge is 0.341 e. The normalized spacial score (nSPS) is 11.1. The first-order valence-electron chi connectivity index (χ1n) is 10.6. The molecule has 1 N–H and O–H groups in total. The van der Waals surface area contributed by atoms with Crippen molar-refractivity contribution in [2.24, 2.45) is 0 Å². The minimum Gasteiger partial charge on any atom is -0.462 e. The van der Waals surface area contributed by atoms with Gasteiger partial charge in [-0.2, -0.15) is 5.10 Å². The van der Waals surface area contributed by atoms with Crippen molar-refractivity contribution in [3.63, 3.8) is 0 Å². The lowest BCUT2D eigenvalue weighted by Gasteiger charge is -2.07. The van der Waals surface area contributed by atoms with Crippen molar-refractivity contribution in [2.75, 3.05) is 6.61 Å². The highest BCUT2D eigenvalue weighted by Crippen LogP contribution is 2.20. The van der Waals surface area contributed by atoms with Crippen LogP contribution < -0.4 is 5.56 Å². The summed E-state index contributed by atoms with van der Waals surface area (Å²) >= 11 is 0. The fourth-order valence-corrected chi connectivity index (χ4v) is 3.73. The van der Waals surface area contributed by atoms with Crippen LogP contribution in [0.2, 0.25) is 0 Å². The molecule has 8 heteroatoms. The first kappa shape index (κ1) is 20.4. The van der Waals surface area contributed by atoms with Crippen LogP contribution in [0.5, 0.6) is 0 Å². The molecule has 2 aromatic carbocycles. The fraction of sp³-hybridized carbons (Fsp3) is 0.120. The Bertz CT molecular complexity index is 1480. The highest BCUT2D eigenvalue weighted by Gasteiger charge is 2.14. The van der Waals surface area contributed by atoms with Crippen LogP contribution >= 0.6 is 0 Å². The summed E-state index contributed by atoms with van der Waals surface area (Å²) in [7, 11) is 0. The molecule has 3 heterocycles. The van der Waals surface area contributed by atoms with Gasteiger partial charge in [0.05, 0.1) is 23.9 Å². The number of benzene rings is 2. The zero-order valence-corrected chi connectivity index (χ0v) is 17.9. The summed E-state index contributed by atoms with van der Waals surface area (Å²) in [5.41, 5.74) is 4.40. The standard InChI is InChI=1S/C25H21N5O3/c1-2-33-24(32)20-14-26-30(16-20)25-27-21-12-13-29(22(21)23(31)28-25)15-17-8-10-19(11-9-17)18-6-4-3-5-7-18/h3-14,16H,2,15H2,1H3,(H,27,28,31). The summed E-state index contributed by atoms with van der Waals surface area (Å²) in [4.78, 5) is 32.0. The second-order valence-corrected chi connectivity index (χ2v) is 7.52. The number of hydrogen-bond donors (Lipinski definition) is 1. The van der Waals surface area contributed by atoms with Gasteiger partial charge in [-0.3, -0.25) is 9.78 Å². The van der Waals surface area contributed by atoms with E-state index >= 15 is 0 Å². The summed E-state index contributed by atoms with van der Waals surface area (Å²) in [5, 5.41) is 4.12. The summed E-state index contributed by atoms with van der Waals surface area (Å²) in [5.74, 6) is -0.246. The molecule has 33 heavy (non-hydrogen) atoms. The Morgan fingerprint density at radius 2 is 1.79 bits per heavy atom. The van der Waals surface area contributed by atoms with Crippen LogP contribution in [0.15, 0.2) is 84.0 Å². The molecule has 3 aromatic heterocycles. The molecule has 0 radical (unpaired) electrons. The van der Waals surface area contributed by atoms with Gasteiger partial charge < -0.3 is 9.30 Å². The first-order valence-corrected chi connectivity index (χ1v) is 10.6. The van der Waals surface area contributed by atoms with Crippen LogP contribution in [0.4, 0.5) is 0 Å². The van der Waals surface area contributed by atoms with E-state index in [1.807, 2.05) is 29.0 Å². The number of fused-ring (bicyclic) bond motifs is 1. The maximum absolute atomic E-state index is 12.9. The Hall–Kier alpha value is -4.46. The van der Waals surface area contributed by atoms with Gasteiger partial charge in [0.15, 0.2) is 0 Å². The topological polar surface area (TPSA) is 94.8 Å². The van der Waals surface area contributed by atoms with Crippen LogP contribution in [-0.2, 0) is 11.3 Å². The maximum Gasteiger partial charge on any atom is 0.341 e. The molecule has 0 atom stereocenters. The Labute approximate surface area is 189 Å². The van der Waals surface area contributed by atoms with Gasteiger partial charge in [-0.05, 0) is 29.7 Å². The van der Waals surface area contributed by atoms with Gasteiger partial charge in [0, 0.05) is 18.9 Å². The molecule has 8 nitrogen and oxygen atoms in total. The molecule has 0 unspecified atom stereocenters. The van der Waals surface area contributed by atoms with Crippen molar-refractivity contribution in [3.05, 3.63) is 101 Å². The average Bonchev–Trinajstić information content (AvgIpc) is 3.48. The molecular formula is C25H21N5O3. The van der Waals surface area contributed by atoms with E-state index in [-0.39, 0.29) is 23.7 Å². The van der Waals surface area contributed by atoms with Gasteiger partial charge in [-0.15, -0.1) is 0 Å². The number of aromatic nitrogens is 5. The molecule has 0 saturated carbocycles. The van der Waals surface area contributed by atoms with Gasteiger partial charge in [-0.1, -0.05) is 54.6 Å². The zero-order valence-electron chi connectivity index (χ0n) is 17.9. The molecule has 5 rings (SSSR count). The number of esters is 1. The molecule has 0 fully saturated rings. The number of carbonyl (C=O) groups excluding carboxylic acids is 1. The number of carbonyl (C=O) groups is 1. The van der Waals surface area contributed by atoms with E-state index in [1.54, 1.807) is 13.0 Å². The first-order chi connectivity index (χ1) is 16.1. The second-order valence-electron chi connectivity index (χ2n) is 7.52. The molecule has 0 saturated heterocycles. The van der Waals surface area contributed by atoms with Crippen LogP contribution in [0, 0.1) is 0 Å². The van der Waals surface area contributed by atoms with Gasteiger partial charge >= 0.3 is 5.97 Å². The summed E-state index contributed by atoms with van der Waals surface area (Å²) in [6.45, 7) is 2.54. The van der Waals surface area contributed by atoms with E-state index in [0.717, 1.165) is 16.7 Å². The molecule has 5 aromatic rings. The van der Waals surface area contributed by atoms with E-state index in [1.165, 1.54) is 17.1 Å². The van der Waals surface area contributed by atoms with Crippen LogP contribution in [0.1, 0.15) is 22.8 Å². The van der Waals surface area contributed by atoms with Crippen molar-refractivity contribution >= 4 is 17.0 Å². The molecule has 164 valence electrons. The summed E-state index contributed by atoms with van der Waals surface area (Å²) < 4.78 is 8.20.